The van der Waals surface area contributed by atoms with Gasteiger partial charge in [-0.1, -0.05) is 5.16 Å². The Balaban J connectivity index is 1.50. The predicted octanol–water partition coefficient (Wildman–Crippen LogP) is 4.16. The maximum Gasteiger partial charge on any atom is 0.340 e. The molecule has 1 aromatic carbocycles. The van der Waals surface area contributed by atoms with Crippen LogP contribution >= 0.6 is 0 Å². The lowest BCUT2D eigenvalue weighted by Gasteiger charge is -2.08. The molecular weight excluding hydrogens is 348 g/mol. The van der Waals surface area contributed by atoms with Gasteiger partial charge in [0.2, 0.25) is 5.76 Å². The van der Waals surface area contributed by atoms with Gasteiger partial charge in [-0.3, -0.25) is 4.98 Å². The first-order valence-corrected chi connectivity index (χ1v) is 8.26. The van der Waals surface area contributed by atoms with E-state index >= 15 is 0 Å². The van der Waals surface area contributed by atoms with E-state index in [4.69, 9.17) is 18.4 Å². The highest BCUT2D eigenvalue weighted by Crippen LogP contribution is 2.23. The lowest BCUT2D eigenvalue weighted by molar-refractivity contribution is 0.0463. The predicted molar refractivity (Wildman–Crippen MR) is 96.4 cm³/mol. The minimum absolute atomic E-state index is 0.0108. The molecule has 0 bridgehead atoms. The third-order valence-corrected chi connectivity index (χ3v) is 4.11. The summed E-state index contributed by atoms with van der Waals surface area (Å²) in [5.41, 5.74) is 2.23. The van der Waals surface area contributed by atoms with Crippen LogP contribution in [-0.2, 0) is 11.3 Å². The Morgan fingerprint density at radius 2 is 2.04 bits per heavy atom. The second-order valence-corrected chi connectivity index (χ2v) is 5.92. The summed E-state index contributed by atoms with van der Waals surface area (Å²) in [5.74, 6) is 1.28. The number of hydrogen-bond donors (Lipinski definition) is 0. The molecule has 136 valence electrons. The van der Waals surface area contributed by atoms with E-state index in [9.17, 15) is 4.79 Å². The number of esters is 1. The average Bonchev–Trinajstić information content (AvgIpc) is 3.36. The molecule has 0 unspecified atom stereocenters. The molecule has 27 heavy (non-hydrogen) atoms. The van der Waals surface area contributed by atoms with Crippen molar-refractivity contribution in [3.05, 3.63) is 65.7 Å². The topological polar surface area (TPSA) is 87.6 Å². The lowest BCUT2D eigenvalue weighted by Crippen LogP contribution is -2.08. The van der Waals surface area contributed by atoms with Crippen molar-refractivity contribution < 1.29 is 23.2 Å². The van der Waals surface area contributed by atoms with Gasteiger partial charge in [0, 0.05) is 17.5 Å². The Morgan fingerprint density at radius 1 is 1.15 bits per heavy atom. The highest BCUT2D eigenvalue weighted by atomic mass is 16.5. The molecule has 0 fully saturated rings. The number of rotatable bonds is 5. The van der Waals surface area contributed by atoms with Gasteiger partial charge < -0.3 is 18.4 Å². The van der Waals surface area contributed by atoms with Crippen LogP contribution in [0.3, 0.4) is 0 Å². The minimum Gasteiger partial charge on any atom is -0.497 e. The van der Waals surface area contributed by atoms with Crippen LogP contribution in [0.2, 0.25) is 0 Å². The Morgan fingerprint density at radius 3 is 2.81 bits per heavy atom. The number of nitrogens with zero attached hydrogens (tertiary/aromatic N) is 2. The molecule has 0 radical (unpaired) electrons. The van der Waals surface area contributed by atoms with Crippen LogP contribution in [0.15, 0.2) is 57.7 Å². The summed E-state index contributed by atoms with van der Waals surface area (Å²) in [5, 5.41) is 4.72. The van der Waals surface area contributed by atoms with E-state index in [1.807, 2.05) is 18.2 Å². The first-order valence-electron chi connectivity index (χ1n) is 8.26. The fraction of sp³-hybridized carbons (Fsp3) is 0.150. The summed E-state index contributed by atoms with van der Waals surface area (Å²) in [6.07, 6.45) is 1.54. The van der Waals surface area contributed by atoms with Gasteiger partial charge in [-0.15, -0.1) is 0 Å². The van der Waals surface area contributed by atoms with E-state index in [1.54, 1.807) is 44.6 Å². The number of methoxy groups -OCH3 is 1. The number of hydrogen-bond acceptors (Lipinski definition) is 7. The largest absolute Gasteiger partial charge is 0.497 e. The summed E-state index contributed by atoms with van der Waals surface area (Å²) in [4.78, 5) is 16.9. The third-order valence-electron chi connectivity index (χ3n) is 4.11. The van der Waals surface area contributed by atoms with Gasteiger partial charge in [-0.2, -0.15) is 0 Å². The average molecular weight is 364 g/mol. The fourth-order valence-corrected chi connectivity index (χ4v) is 2.71. The summed E-state index contributed by atoms with van der Waals surface area (Å²) in [7, 11) is 1.60. The van der Waals surface area contributed by atoms with Gasteiger partial charge in [0.1, 0.15) is 18.1 Å². The molecular formula is C20H16N2O5. The van der Waals surface area contributed by atoms with Crippen LogP contribution in [-0.4, -0.2) is 23.2 Å². The summed E-state index contributed by atoms with van der Waals surface area (Å²) >= 11 is 0. The molecule has 7 nitrogen and oxygen atoms in total. The molecule has 4 aromatic rings. The van der Waals surface area contributed by atoms with Crippen molar-refractivity contribution in [2.24, 2.45) is 0 Å². The fourth-order valence-electron chi connectivity index (χ4n) is 2.71. The lowest BCUT2D eigenvalue weighted by atomic mass is 10.1. The van der Waals surface area contributed by atoms with Crippen molar-refractivity contribution in [1.29, 1.82) is 0 Å². The first-order chi connectivity index (χ1) is 13.1. The molecule has 0 saturated carbocycles. The SMILES string of the molecule is COc1ccc2cc(C(=O)OCc3cc(-c4ccco4)on3)c(C)nc2c1. The zero-order valence-electron chi connectivity index (χ0n) is 14.8. The van der Waals surface area contributed by atoms with Crippen molar-refractivity contribution in [3.63, 3.8) is 0 Å². The van der Waals surface area contributed by atoms with Crippen LogP contribution in [0.4, 0.5) is 0 Å². The third kappa shape index (κ3) is 3.39. The van der Waals surface area contributed by atoms with Crippen molar-refractivity contribution in [2.45, 2.75) is 13.5 Å². The van der Waals surface area contributed by atoms with Crippen LogP contribution in [0.25, 0.3) is 22.4 Å². The van der Waals surface area contributed by atoms with Crippen LogP contribution < -0.4 is 4.74 Å². The van der Waals surface area contributed by atoms with E-state index in [-0.39, 0.29) is 6.61 Å². The highest BCUT2D eigenvalue weighted by molar-refractivity contribution is 5.95. The molecule has 7 heteroatoms. The number of benzene rings is 1. The van der Waals surface area contributed by atoms with E-state index in [0.29, 0.717) is 34.2 Å². The molecule has 0 aliphatic carbocycles. The van der Waals surface area contributed by atoms with Gasteiger partial charge in [-0.25, -0.2) is 4.79 Å². The Hall–Kier alpha value is -3.61. The highest BCUT2D eigenvalue weighted by Gasteiger charge is 2.16. The quantitative estimate of drug-likeness (QED) is 0.491. The second-order valence-electron chi connectivity index (χ2n) is 5.92. The number of aromatic nitrogens is 2. The molecule has 0 aliphatic rings. The van der Waals surface area contributed by atoms with Crippen LogP contribution in [0.5, 0.6) is 5.75 Å². The molecule has 0 amide bonds. The van der Waals surface area contributed by atoms with Gasteiger partial charge in [0.25, 0.3) is 0 Å². The van der Waals surface area contributed by atoms with Gasteiger partial charge in [0.15, 0.2) is 5.76 Å². The Bertz CT molecular complexity index is 1100. The van der Waals surface area contributed by atoms with Crippen LogP contribution in [0, 0.1) is 6.92 Å². The number of furan rings is 1. The summed E-state index contributed by atoms with van der Waals surface area (Å²) in [6.45, 7) is 1.75. The summed E-state index contributed by atoms with van der Waals surface area (Å²) in [6, 6.07) is 12.4. The van der Waals surface area contributed by atoms with Gasteiger partial charge in [-0.05, 0) is 37.3 Å². The normalized spacial score (nSPS) is 10.9. The Labute approximate surface area is 154 Å². The van der Waals surface area contributed by atoms with E-state index in [0.717, 1.165) is 10.9 Å². The molecule has 0 spiro atoms. The number of carbonyl (C=O) groups excluding carboxylic acids is 1. The van der Waals surface area contributed by atoms with Gasteiger partial charge >= 0.3 is 5.97 Å². The maximum atomic E-state index is 12.5. The number of ether oxygens (including phenoxy) is 2. The second kappa shape index (κ2) is 6.95. The monoisotopic (exact) mass is 364 g/mol. The maximum absolute atomic E-state index is 12.5. The standard InChI is InChI=1S/C20H16N2O5/c1-12-16(8-13-5-6-15(24-2)10-17(13)21-12)20(23)26-11-14-9-19(27-22-14)18-4-3-7-25-18/h3-10H,11H2,1-2H3. The minimum atomic E-state index is -0.472. The number of pyridine rings is 1. The molecule has 3 aromatic heterocycles. The molecule has 0 atom stereocenters. The molecule has 0 saturated heterocycles. The van der Waals surface area contributed by atoms with E-state index in [1.165, 1.54) is 0 Å². The summed E-state index contributed by atoms with van der Waals surface area (Å²) < 4.78 is 21.0. The van der Waals surface area contributed by atoms with Gasteiger partial charge in [0.05, 0.1) is 30.1 Å². The van der Waals surface area contributed by atoms with Crippen molar-refractivity contribution in [3.8, 4) is 17.3 Å². The molecule has 0 N–H and O–H groups in total. The zero-order valence-corrected chi connectivity index (χ0v) is 14.8. The zero-order chi connectivity index (χ0) is 18.8. The molecule has 3 heterocycles. The van der Waals surface area contributed by atoms with Crippen LogP contribution in [0.1, 0.15) is 21.7 Å². The van der Waals surface area contributed by atoms with E-state index < -0.39 is 5.97 Å². The Kier molecular flexibility index (Phi) is 4.33. The van der Waals surface area contributed by atoms with Crippen molar-refractivity contribution in [1.82, 2.24) is 10.1 Å². The smallest absolute Gasteiger partial charge is 0.340 e. The first kappa shape index (κ1) is 16.8. The number of fused-ring (bicyclic) bond motifs is 1. The number of carbonyl (C=O) groups is 1. The molecule has 4 rings (SSSR count). The van der Waals surface area contributed by atoms with Crippen molar-refractivity contribution in [2.75, 3.05) is 7.11 Å². The molecule has 0 aliphatic heterocycles. The van der Waals surface area contributed by atoms with E-state index in [2.05, 4.69) is 10.1 Å². The number of aryl methyl sites for hydroxylation is 1. The van der Waals surface area contributed by atoms with Crippen molar-refractivity contribution >= 4 is 16.9 Å².